The van der Waals surface area contributed by atoms with Crippen molar-refractivity contribution in [3.8, 4) is 22.6 Å². The Bertz CT molecular complexity index is 1070. The van der Waals surface area contributed by atoms with Gasteiger partial charge in [-0.15, -0.1) is 0 Å². The zero-order chi connectivity index (χ0) is 18.1. The molecule has 0 amide bonds. The van der Waals surface area contributed by atoms with Crippen molar-refractivity contribution in [1.29, 1.82) is 0 Å². The Labute approximate surface area is 158 Å². The van der Waals surface area contributed by atoms with Crippen molar-refractivity contribution in [3.63, 3.8) is 0 Å². The average molecular weight is 352 g/mol. The summed E-state index contributed by atoms with van der Waals surface area (Å²) in [7, 11) is 0. The maximum atomic E-state index is 3.91. The number of nitrogens with zero attached hydrogens (tertiary/aromatic N) is 3. The van der Waals surface area contributed by atoms with E-state index < -0.39 is 0 Å². The Morgan fingerprint density at radius 3 is 2.74 bits per heavy atom. The summed E-state index contributed by atoms with van der Waals surface area (Å²) in [6.45, 7) is 0. The first-order chi connectivity index (χ1) is 13.4. The van der Waals surface area contributed by atoms with Gasteiger partial charge in [-0.25, -0.2) is 15.0 Å². The lowest BCUT2D eigenvalue weighted by Crippen LogP contribution is -2.09. The molecule has 2 aromatic rings. The first kappa shape index (κ1) is 15.9. The fourth-order valence-electron chi connectivity index (χ4n) is 4.08. The lowest BCUT2D eigenvalue weighted by atomic mass is 9.80. The van der Waals surface area contributed by atoms with Gasteiger partial charge in [0.1, 0.15) is 12.0 Å². The minimum atomic E-state index is 0.689. The molecular formula is C23H20N4. The van der Waals surface area contributed by atoms with Crippen LogP contribution < -0.4 is 0 Å². The highest BCUT2D eigenvalue weighted by atomic mass is 15.0. The highest BCUT2D eigenvalue weighted by Gasteiger charge is 2.20. The third kappa shape index (κ3) is 2.93. The fraction of sp³-hybridized carbons (Fsp3) is 0.174. The van der Waals surface area contributed by atoms with E-state index in [1.807, 2.05) is 0 Å². The quantitative estimate of drug-likeness (QED) is 0.498. The second-order valence-electron chi connectivity index (χ2n) is 6.91. The molecule has 27 heavy (non-hydrogen) atoms. The number of fused-ring (bicyclic) bond motifs is 6. The molecule has 0 saturated heterocycles. The summed E-state index contributed by atoms with van der Waals surface area (Å²) in [5, 5.41) is 0. The Morgan fingerprint density at radius 2 is 1.78 bits per heavy atom. The molecule has 2 aliphatic carbocycles. The van der Waals surface area contributed by atoms with Gasteiger partial charge in [0.25, 0.3) is 0 Å². The molecule has 0 atom stereocenters. The molecule has 0 bridgehead atoms. The van der Waals surface area contributed by atoms with Gasteiger partial charge in [0, 0.05) is 6.20 Å². The minimum Gasteiger partial charge on any atom is -0.350 e. The zero-order valence-electron chi connectivity index (χ0n) is 15.0. The molecule has 4 heteroatoms. The van der Waals surface area contributed by atoms with Gasteiger partial charge in [0.2, 0.25) is 0 Å². The van der Waals surface area contributed by atoms with Crippen molar-refractivity contribution in [2.75, 3.05) is 0 Å². The molecule has 4 aliphatic rings. The summed E-state index contributed by atoms with van der Waals surface area (Å²) in [5.74, 6) is 0.689. The Hall–Kier alpha value is -3.27. The molecule has 2 aliphatic heterocycles. The van der Waals surface area contributed by atoms with Gasteiger partial charge in [-0.2, -0.15) is 0 Å². The van der Waals surface area contributed by atoms with E-state index in [4.69, 9.17) is 0 Å². The normalized spacial score (nSPS) is 13.9. The number of aromatic nitrogens is 4. The average Bonchev–Trinajstić information content (AvgIpc) is 3.23. The number of benzene rings is 2. The number of aromatic amines is 1. The first-order valence-corrected chi connectivity index (χ1v) is 9.39. The molecule has 6 rings (SSSR count). The largest absolute Gasteiger partial charge is 0.350 e. The number of nitrogens with one attached hydrogen (secondary N) is 1. The smallest absolute Gasteiger partial charge is 0.182 e. The topological polar surface area (TPSA) is 54.5 Å². The lowest BCUT2D eigenvalue weighted by Gasteiger charge is -2.25. The van der Waals surface area contributed by atoms with E-state index in [1.165, 1.54) is 54.3 Å². The summed E-state index contributed by atoms with van der Waals surface area (Å²) < 4.78 is 0. The third-order valence-corrected chi connectivity index (χ3v) is 5.37. The summed E-state index contributed by atoms with van der Waals surface area (Å²) in [6.07, 6.45) is 14.2. The van der Waals surface area contributed by atoms with Gasteiger partial charge < -0.3 is 4.98 Å². The second kappa shape index (κ2) is 6.80. The van der Waals surface area contributed by atoms with Crippen molar-refractivity contribution in [3.05, 3.63) is 83.6 Å². The molecule has 0 radical (unpaired) electrons. The van der Waals surface area contributed by atoms with Crippen LogP contribution in [0.2, 0.25) is 0 Å². The molecule has 0 saturated carbocycles. The van der Waals surface area contributed by atoms with Gasteiger partial charge in [-0.1, -0.05) is 48.6 Å². The van der Waals surface area contributed by atoms with Crippen molar-refractivity contribution < 1.29 is 0 Å². The number of hydrogen-bond acceptors (Lipinski definition) is 3. The summed E-state index contributed by atoms with van der Waals surface area (Å²) in [4.78, 5) is 14.5. The van der Waals surface area contributed by atoms with Crippen molar-refractivity contribution >= 4 is 6.08 Å². The molecule has 2 aromatic carbocycles. The lowest BCUT2D eigenvalue weighted by molar-refractivity contribution is 0.887. The molecule has 2 heterocycles. The highest BCUT2D eigenvalue weighted by Crippen LogP contribution is 2.38. The van der Waals surface area contributed by atoms with E-state index in [2.05, 4.69) is 68.5 Å². The third-order valence-electron chi connectivity index (χ3n) is 5.37. The Morgan fingerprint density at radius 1 is 0.815 bits per heavy atom. The van der Waals surface area contributed by atoms with Crippen LogP contribution in [0, 0.1) is 0 Å². The first-order valence-electron chi connectivity index (χ1n) is 9.39. The standard InChI is InChI=1S/C18H16.C5H4N4/c1-3-7-15-13(5-1)9-11-18-16-8-4-2-6-14(16)10-12-17(15)18;1-4-5(8-2-6-1)9-3-7-4/h1-3,5-7,10,12H,4,8-9,11H2;1-3H,(H,6,7,8,9). The SMILES string of the molecule is C1=Cc2ccc3c(c2CC1)CCc1ccccc1-3.c1nc2c[nH]cnc-2n1. The van der Waals surface area contributed by atoms with Crippen molar-refractivity contribution in [2.24, 2.45) is 0 Å². The van der Waals surface area contributed by atoms with E-state index in [9.17, 15) is 0 Å². The summed E-state index contributed by atoms with van der Waals surface area (Å²) >= 11 is 0. The zero-order valence-corrected chi connectivity index (χ0v) is 15.0. The van der Waals surface area contributed by atoms with Crippen molar-refractivity contribution in [2.45, 2.75) is 25.7 Å². The summed E-state index contributed by atoms with van der Waals surface area (Å²) in [6, 6.07) is 13.5. The van der Waals surface area contributed by atoms with E-state index in [0.29, 0.717) is 5.82 Å². The maximum Gasteiger partial charge on any atom is 0.182 e. The summed E-state index contributed by atoms with van der Waals surface area (Å²) in [5.41, 5.74) is 9.90. The molecule has 0 fully saturated rings. The van der Waals surface area contributed by atoms with Gasteiger partial charge in [-0.3, -0.25) is 0 Å². The van der Waals surface area contributed by atoms with E-state index in [1.54, 1.807) is 23.7 Å². The monoisotopic (exact) mass is 352 g/mol. The van der Waals surface area contributed by atoms with Crippen LogP contribution >= 0.6 is 0 Å². The van der Waals surface area contributed by atoms with Gasteiger partial charge in [-0.05, 0) is 59.1 Å². The molecule has 0 unspecified atom stereocenters. The fourth-order valence-corrected chi connectivity index (χ4v) is 4.08. The highest BCUT2D eigenvalue weighted by molar-refractivity contribution is 5.77. The van der Waals surface area contributed by atoms with Gasteiger partial charge in [0.05, 0.1) is 6.33 Å². The molecule has 132 valence electrons. The van der Waals surface area contributed by atoms with Crippen LogP contribution in [0.4, 0.5) is 0 Å². The maximum absolute atomic E-state index is 3.91. The van der Waals surface area contributed by atoms with E-state index in [0.717, 1.165) is 5.69 Å². The van der Waals surface area contributed by atoms with Crippen LogP contribution in [0.15, 0.2) is 61.3 Å². The van der Waals surface area contributed by atoms with Gasteiger partial charge >= 0.3 is 0 Å². The molecule has 4 nitrogen and oxygen atoms in total. The number of allylic oxidation sites excluding steroid dienone is 1. The molecule has 0 aromatic heterocycles. The number of imidazole rings is 1. The van der Waals surface area contributed by atoms with Crippen LogP contribution in [0.5, 0.6) is 0 Å². The van der Waals surface area contributed by atoms with E-state index in [-0.39, 0.29) is 0 Å². The molecule has 1 N–H and O–H groups in total. The van der Waals surface area contributed by atoms with Crippen molar-refractivity contribution in [1.82, 2.24) is 19.9 Å². The number of H-pyrrole nitrogens is 1. The number of rotatable bonds is 0. The Kier molecular flexibility index (Phi) is 4.02. The van der Waals surface area contributed by atoms with Crippen LogP contribution in [-0.2, 0) is 19.3 Å². The molecule has 0 spiro atoms. The van der Waals surface area contributed by atoms with Crippen LogP contribution in [0.25, 0.3) is 28.7 Å². The van der Waals surface area contributed by atoms with Gasteiger partial charge in [0.15, 0.2) is 5.82 Å². The van der Waals surface area contributed by atoms with Crippen LogP contribution in [-0.4, -0.2) is 19.9 Å². The van der Waals surface area contributed by atoms with E-state index >= 15 is 0 Å². The van der Waals surface area contributed by atoms with Crippen LogP contribution in [0.3, 0.4) is 0 Å². The number of hydrogen-bond donors (Lipinski definition) is 1. The number of aryl methyl sites for hydroxylation is 1. The van der Waals surface area contributed by atoms with Crippen LogP contribution in [0.1, 0.15) is 28.7 Å². The Balaban J connectivity index is 0.000000149. The molecular weight excluding hydrogens is 332 g/mol. The minimum absolute atomic E-state index is 0.689. The predicted octanol–water partition coefficient (Wildman–Crippen LogP) is 4.72. The second-order valence-corrected chi connectivity index (χ2v) is 6.91. The predicted molar refractivity (Wildman–Crippen MR) is 107 cm³/mol.